The molecule has 0 saturated carbocycles. The third-order valence-electron chi connectivity index (χ3n) is 2.67. The van der Waals surface area contributed by atoms with E-state index in [0.717, 1.165) is 25.9 Å². The fourth-order valence-corrected chi connectivity index (χ4v) is 1.80. The summed E-state index contributed by atoms with van der Waals surface area (Å²) in [6.45, 7) is 6.69. The minimum Gasteiger partial charge on any atom is -0.375 e. The lowest BCUT2D eigenvalue weighted by atomic mass is 10.1. The van der Waals surface area contributed by atoms with E-state index in [-0.39, 0.29) is 17.9 Å². The number of ether oxygens (including phenoxy) is 1. The van der Waals surface area contributed by atoms with Crippen LogP contribution in [-0.4, -0.2) is 43.2 Å². The molecule has 0 spiro atoms. The van der Waals surface area contributed by atoms with Crippen molar-refractivity contribution in [2.45, 2.75) is 32.8 Å². The summed E-state index contributed by atoms with van der Waals surface area (Å²) in [6, 6.07) is 0. The largest absolute Gasteiger partial charge is 0.375 e. The Balaban J connectivity index is 2.38. The Hall–Kier alpha value is -0.610. The molecular formula is C11H22N2O2. The van der Waals surface area contributed by atoms with E-state index in [9.17, 15) is 4.79 Å². The topological polar surface area (TPSA) is 55.6 Å². The van der Waals surface area contributed by atoms with Gasteiger partial charge in [0.2, 0.25) is 5.91 Å². The smallest absolute Gasteiger partial charge is 0.225 e. The molecule has 0 aromatic rings. The molecule has 1 aliphatic heterocycles. The van der Waals surface area contributed by atoms with Gasteiger partial charge in [-0.3, -0.25) is 4.79 Å². The van der Waals surface area contributed by atoms with Crippen molar-refractivity contribution < 1.29 is 9.53 Å². The van der Waals surface area contributed by atoms with Gasteiger partial charge in [0.15, 0.2) is 0 Å². The summed E-state index contributed by atoms with van der Waals surface area (Å²) in [5.74, 6) is 0.314. The molecule has 1 amide bonds. The molecule has 0 aromatic carbocycles. The molecule has 1 saturated heterocycles. The van der Waals surface area contributed by atoms with Crippen molar-refractivity contribution in [2.75, 3.05) is 26.2 Å². The lowest BCUT2D eigenvalue weighted by Crippen LogP contribution is -2.47. The fraction of sp³-hybridized carbons (Fsp3) is 0.909. The van der Waals surface area contributed by atoms with E-state index in [0.29, 0.717) is 13.2 Å². The van der Waals surface area contributed by atoms with Gasteiger partial charge in [0.25, 0.3) is 0 Å². The second-order valence-corrected chi connectivity index (χ2v) is 4.36. The lowest BCUT2D eigenvalue weighted by molar-refractivity contribution is -0.142. The van der Waals surface area contributed by atoms with Gasteiger partial charge in [-0.1, -0.05) is 13.8 Å². The van der Waals surface area contributed by atoms with Crippen LogP contribution in [0.2, 0.25) is 0 Å². The van der Waals surface area contributed by atoms with Gasteiger partial charge >= 0.3 is 0 Å². The first kappa shape index (κ1) is 12.5. The molecule has 1 aliphatic rings. The van der Waals surface area contributed by atoms with Crippen LogP contribution in [0.1, 0.15) is 26.7 Å². The highest BCUT2D eigenvalue weighted by Gasteiger charge is 2.24. The van der Waals surface area contributed by atoms with Crippen LogP contribution in [0.5, 0.6) is 0 Å². The van der Waals surface area contributed by atoms with Crippen molar-refractivity contribution in [1.82, 2.24) is 4.90 Å². The summed E-state index contributed by atoms with van der Waals surface area (Å²) in [7, 11) is 0. The number of amides is 1. The average Bonchev–Trinajstić information content (AvgIpc) is 2.25. The highest BCUT2D eigenvalue weighted by atomic mass is 16.5. The number of nitrogens with two attached hydrogens (primary N) is 1. The zero-order chi connectivity index (χ0) is 11.3. The Kier molecular flexibility index (Phi) is 5.05. The van der Waals surface area contributed by atoms with Crippen LogP contribution in [0.4, 0.5) is 0 Å². The van der Waals surface area contributed by atoms with Crippen LogP contribution in [0, 0.1) is 5.92 Å². The number of morpholine rings is 1. The first-order valence-corrected chi connectivity index (χ1v) is 5.75. The molecule has 0 aliphatic carbocycles. The Morgan fingerprint density at radius 1 is 1.60 bits per heavy atom. The van der Waals surface area contributed by atoms with Crippen LogP contribution in [0.3, 0.4) is 0 Å². The van der Waals surface area contributed by atoms with Crippen molar-refractivity contribution in [3.8, 4) is 0 Å². The number of carbonyl (C=O) groups is 1. The predicted octanol–water partition coefficient (Wildman–Crippen LogP) is 0.609. The Bertz CT molecular complexity index is 207. The number of nitrogens with zero attached hydrogens (tertiary/aromatic N) is 1. The van der Waals surface area contributed by atoms with Crippen molar-refractivity contribution in [1.29, 1.82) is 0 Å². The first-order valence-electron chi connectivity index (χ1n) is 5.75. The summed E-state index contributed by atoms with van der Waals surface area (Å²) in [6.07, 6.45) is 2.11. The highest BCUT2D eigenvalue weighted by Crippen LogP contribution is 2.12. The van der Waals surface area contributed by atoms with Crippen LogP contribution in [-0.2, 0) is 9.53 Å². The maximum absolute atomic E-state index is 11.8. The lowest BCUT2D eigenvalue weighted by Gasteiger charge is -2.34. The number of hydrogen-bond donors (Lipinski definition) is 1. The van der Waals surface area contributed by atoms with Crippen LogP contribution in [0.25, 0.3) is 0 Å². The molecule has 0 radical (unpaired) electrons. The van der Waals surface area contributed by atoms with Gasteiger partial charge in [-0.05, 0) is 19.4 Å². The van der Waals surface area contributed by atoms with Gasteiger partial charge in [0.1, 0.15) is 0 Å². The van der Waals surface area contributed by atoms with Gasteiger partial charge in [-0.15, -0.1) is 0 Å². The second kappa shape index (κ2) is 6.08. The number of rotatable bonds is 4. The molecule has 1 unspecified atom stereocenters. The van der Waals surface area contributed by atoms with E-state index < -0.39 is 0 Å². The minimum absolute atomic E-state index is 0.0817. The fourth-order valence-electron chi connectivity index (χ4n) is 1.80. The molecule has 2 N–H and O–H groups in total. The van der Waals surface area contributed by atoms with Gasteiger partial charge in [0, 0.05) is 19.0 Å². The number of hydrogen-bond acceptors (Lipinski definition) is 3. The normalized spacial score (nSPS) is 22.1. The molecular weight excluding hydrogens is 192 g/mol. The van der Waals surface area contributed by atoms with E-state index in [4.69, 9.17) is 10.5 Å². The quantitative estimate of drug-likeness (QED) is 0.746. The summed E-state index contributed by atoms with van der Waals surface area (Å²) < 4.78 is 5.59. The van der Waals surface area contributed by atoms with Gasteiger partial charge in [-0.25, -0.2) is 0 Å². The maximum Gasteiger partial charge on any atom is 0.225 e. The molecule has 1 heterocycles. The standard InChI is InChI=1S/C11H22N2O2/c1-9(2)11(14)13-6-7-15-10(8-13)4-3-5-12/h9-10H,3-8,12H2,1-2H3. The van der Waals surface area contributed by atoms with Crippen LogP contribution >= 0.6 is 0 Å². The first-order chi connectivity index (χ1) is 7.15. The monoisotopic (exact) mass is 214 g/mol. The molecule has 15 heavy (non-hydrogen) atoms. The molecule has 0 bridgehead atoms. The zero-order valence-electron chi connectivity index (χ0n) is 9.74. The van der Waals surface area contributed by atoms with E-state index in [2.05, 4.69) is 0 Å². The minimum atomic E-state index is 0.0817. The van der Waals surface area contributed by atoms with Crippen molar-refractivity contribution in [3.63, 3.8) is 0 Å². The summed E-state index contributed by atoms with van der Waals surface area (Å²) >= 11 is 0. The van der Waals surface area contributed by atoms with Crippen LogP contribution in [0.15, 0.2) is 0 Å². The molecule has 4 heteroatoms. The summed E-state index contributed by atoms with van der Waals surface area (Å²) in [4.78, 5) is 13.7. The SMILES string of the molecule is CC(C)C(=O)N1CCOC(CCCN)C1. The Morgan fingerprint density at radius 2 is 2.33 bits per heavy atom. The molecule has 1 fully saturated rings. The zero-order valence-corrected chi connectivity index (χ0v) is 9.74. The van der Waals surface area contributed by atoms with Crippen LogP contribution < -0.4 is 5.73 Å². The second-order valence-electron chi connectivity index (χ2n) is 4.36. The summed E-state index contributed by atoms with van der Waals surface area (Å²) in [5, 5.41) is 0. The van der Waals surface area contributed by atoms with E-state index in [1.807, 2.05) is 18.7 Å². The molecule has 88 valence electrons. The van der Waals surface area contributed by atoms with Gasteiger partial charge in [-0.2, -0.15) is 0 Å². The van der Waals surface area contributed by atoms with Crippen molar-refractivity contribution in [3.05, 3.63) is 0 Å². The maximum atomic E-state index is 11.8. The van der Waals surface area contributed by atoms with E-state index in [1.54, 1.807) is 0 Å². The van der Waals surface area contributed by atoms with Crippen molar-refractivity contribution >= 4 is 5.91 Å². The molecule has 4 nitrogen and oxygen atoms in total. The Morgan fingerprint density at radius 3 is 2.93 bits per heavy atom. The molecule has 1 atom stereocenters. The van der Waals surface area contributed by atoms with E-state index >= 15 is 0 Å². The van der Waals surface area contributed by atoms with E-state index in [1.165, 1.54) is 0 Å². The molecule has 0 aromatic heterocycles. The average molecular weight is 214 g/mol. The third kappa shape index (κ3) is 3.80. The Labute approximate surface area is 91.8 Å². The third-order valence-corrected chi connectivity index (χ3v) is 2.67. The number of carbonyl (C=O) groups excluding carboxylic acids is 1. The van der Waals surface area contributed by atoms with Crippen molar-refractivity contribution in [2.24, 2.45) is 11.7 Å². The predicted molar refractivity (Wildman–Crippen MR) is 59.4 cm³/mol. The molecule has 1 rings (SSSR count). The van der Waals surface area contributed by atoms with Gasteiger partial charge in [0.05, 0.1) is 12.7 Å². The van der Waals surface area contributed by atoms with Gasteiger partial charge < -0.3 is 15.4 Å². The summed E-state index contributed by atoms with van der Waals surface area (Å²) in [5.41, 5.74) is 5.45. The highest BCUT2D eigenvalue weighted by molar-refractivity contribution is 5.78.